The number of carboxylic acid groups (broad SMARTS) is 1. The Labute approximate surface area is 120 Å². The molecule has 1 atom stereocenters. The number of hydrogen-bond donors (Lipinski definition) is 1. The second-order valence-electron chi connectivity index (χ2n) is 4.53. The van der Waals surface area contributed by atoms with Gasteiger partial charge in [-0.05, 0) is 24.6 Å². The van der Waals surface area contributed by atoms with Gasteiger partial charge in [0.25, 0.3) is 0 Å². The van der Waals surface area contributed by atoms with Gasteiger partial charge < -0.3 is 10.0 Å². The molecule has 1 aromatic rings. The fourth-order valence-electron chi connectivity index (χ4n) is 2.09. The highest BCUT2D eigenvalue weighted by atomic mass is 35.5. The van der Waals surface area contributed by atoms with Crippen LogP contribution in [0.3, 0.4) is 0 Å². The Balaban J connectivity index is 2.43. The lowest BCUT2D eigenvalue weighted by Gasteiger charge is -2.12. The van der Waals surface area contributed by atoms with Crippen LogP contribution < -0.4 is 0 Å². The number of sulfone groups is 1. The highest BCUT2D eigenvalue weighted by Gasteiger charge is 2.40. The van der Waals surface area contributed by atoms with Gasteiger partial charge in [-0.3, -0.25) is 4.79 Å². The third-order valence-corrected chi connectivity index (χ3v) is 5.66. The minimum absolute atomic E-state index is 0.138. The number of aromatic carboxylic acids is 1. The summed E-state index contributed by atoms with van der Waals surface area (Å²) in [4.78, 5) is 23.9. The van der Waals surface area contributed by atoms with Crippen molar-refractivity contribution in [1.29, 1.82) is 0 Å². The molecular weight excluding hydrogens is 306 g/mol. The number of amides is 1. The molecule has 0 bridgehead atoms. The van der Waals surface area contributed by atoms with Crippen molar-refractivity contribution in [2.24, 2.45) is 0 Å². The predicted octanol–water partition coefficient (Wildman–Crippen LogP) is 1.04. The van der Waals surface area contributed by atoms with Crippen LogP contribution >= 0.6 is 11.6 Å². The molecule has 1 aliphatic rings. The molecule has 20 heavy (non-hydrogen) atoms. The lowest BCUT2D eigenvalue weighted by molar-refractivity contribution is -0.126. The highest BCUT2D eigenvalue weighted by molar-refractivity contribution is 7.92. The largest absolute Gasteiger partial charge is 0.478 e. The molecule has 1 fully saturated rings. The number of rotatable bonds is 3. The van der Waals surface area contributed by atoms with E-state index in [0.29, 0.717) is 6.54 Å². The summed E-state index contributed by atoms with van der Waals surface area (Å²) in [6.07, 6.45) is 0.218. The zero-order valence-electron chi connectivity index (χ0n) is 10.5. The van der Waals surface area contributed by atoms with Crippen LogP contribution in [0.5, 0.6) is 0 Å². The van der Waals surface area contributed by atoms with Gasteiger partial charge in [-0.15, -0.1) is 0 Å². The number of hydrogen-bond acceptors (Lipinski definition) is 4. The van der Waals surface area contributed by atoms with Gasteiger partial charge in [0.2, 0.25) is 5.91 Å². The Morgan fingerprint density at radius 2 is 2.10 bits per heavy atom. The van der Waals surface area contributed by atoms with Crippen LogP contribution in [0.25, 0.3) is 0 Å². The molecule has 0 saturated carbocycles. The zero-order chi connectivity index (χ0) is 15.1. The Hall–Kier alpha value is -1.60. The standard InChI is InChI=1S/C12H12ClNO5S/c1-14-5-4-10(11(14)15)20(18,19)7-2-3-8(12(16)17)9(13)6-7/h2-3,6,10H,4-5H2,1H3,(H,16,17). The third kappa shape index (κ3) is 2.38. The first-order valence-electron chi connectivity index (χ1n) is 5.77. The third-order valence-electron chi connectivity index (χ3n) is 3.25. The Morgan fingerprint density at radius 1 is 1.45 bits per heavy atom. The second kappa shape index (κ2) is 5.06. The molecule has 108 valence electrons. The highest BCUT2D eigenvalue weighted by Crippen LogP contribution is 2.27. The van der Waals surface area contributed by atoms with E-state index in [1.165, 1.54) is 4.90 Å². The number of likely N-dealkylation sites (tertiary alicyclic amines) is 1. The van der Waals surface area contributed by atoms with E-state index >= 15 is 0 Å². The minimum atomic E-state index is -3.85. The van der Waals surface area contributed by atoms with E-state index < -0.39 is 27.0 Å². The van der Waals surface area contributed by atoms with Gasteiger partial charge in [0.05, 0.1) is 15.5 Å². The summed E-state index contributed by atoms with van der Waals surface area (Å²) >= 11 is 5.76. The summed E-state index contributed by atoms with van der Waals surface area (Å²) < 4.78 is 24.7. The molecule has 1 amide bonds. The summed E-state index contributed by atoms with van der Waals surface area (Å²) in [5.74, 6) is -1.70. The van der Waals surface area contributed by atoms with Crippen LogP contribution in [0.15, 0.2) is 23.1 Å². The van der Waals surface area contributed by atoms with E-state index in [0.717, 1.165) is 18.2 Å². The molecule has 0 radical (unpaired) electrons. The molecule has 8 heteroatoms. The molecule has 0 aromatic heterocycles. The maximum atomic E-state index is 12.4. The number of benzene rings is 1. The van der Waals surface area contributed by atoms with Crippen molar-refractivity contribution in [3.8, 4) is 0 Å². The average molecular weight is 318 g/mol. The van der Waals surface area contributed by atoms with Crippen LogP contribution in [0.1, 0.15) is 16.8 Å². The van der Waals surface area contributed by atoms with E-state index in [1.54, 1.807) is 7.05 Å². The molecule has 1 aliphatic heterocycles. The van der Waals surface area contributed by atoms with Gasteiger partial charge in [0.15, 0.2) is 9.84 Å². The molecule has 1 heterocycles. The molecule has 1 saturated heterocycles. The molecule has 1 aromatic carbocycles. The molecular formula is C12H12ClNO5S. The normalized spacial score (nSPS) is 19.4. The SMILES string of the molecule is CN1CCC(S(=O)(=O)c2ccc(C(=O)O)c(Cl)c2)C1=O. The molecule has 1 N–H and O–H groups in total. The molecule has 1 unspecified atom stereocenters. The van der Waals surface area contributed by atoms with E-state index in [2.05, 4.69) is 0 Å². The topological polar surface area (TPSA) is 91.8 Å². The minimum Gasteiger partial charge on any atom is -0.478 e. The Kier molecular flexibility index (Phi) is 3.75. The van der Waals surface area contributed by atoms with E-state index in [9.17, 15) is 18.0 Å². The zero-order valence-corrected chi connectivity index (χ0v) is 12.1. The Bertz CT molecular complexity index is 685. The van der Waals surface area contributed by atoms with Crippen molar-refractivity contribution in [3.63, 3.8) is 0 Å². The van der Waals surface area contributed by atoms with Crippen LogP contribution in [0, 0.1) is 0 Å². The smallest absolute Gasteiger partial charge is 0.337 e. The van der Waals surface area contributed by atoms with Crippen molar-refractivity contribution in [2.75, 3.05) is 13.6 Å². The van der Waals surface area contributed by atoms with Gasteiger partial charge in [0.1, 0.15) is 5.25 Å². The summed E-state index contributed by atoms with van der Waals surface area (Å²) in [5, 5.41) is 7.56. The summed E-state index contributed by atoms with van der Waals surface area (Å²) in [5.41, 5.74) is -0.180. The van der Waals surface area contributed by atoms with Gasteiger partial charge in [-0.1, -0.05) is 11.6 Å². The summed E-state index contributed by atoms with van der Waals surface area (Å²) in [6, 6.07) is 3.36. The average Bonchev–Trinajstić information content (AvgIpc) is 2.70. The maximum Gasteiger partial charge on any atom is 0.337 e. The van der Waals surface area contributed by atoms with Crippen LogP contribution in [-0.2, 0) is 14.6 Å². The lowest BCUT2D eigenvalue weighted by Crippen LogP contribution is -2.31. The fourth-order valence-corrected chi connectivity index (χ4v) is 4.14. The van der Waals surface area contributed by atoms with Crippen LogP contribution in [-0.4, -0.2) is 49.1 Å². The van der Waals surface area contributed by atoms with Gasteiger partial charge in [-0.25, -0.2) is 13.2 Å². The van der Waals surface area contributed by atoms with Crippen molar-refractivity contribution in [1.82, 2.24) is 4.90 Å². The molecule has 0 aliphatic carbocycles. The summed E-state index contributed by atoms with van der Waals surface area (Å²) in [6.45, 7) is 0.379. The van der Waals surface area contributed by atoms with E-state index in [4.69, 9.17) is 16.7 Å². The number of nitrogens with zero attached hydrogens (tertiary/aromatic N) is 1. The lowest BCUT2D eigenvalue weighted by atomic mass is 10.2. The van der Waals surface area contributed by atoms with Crippen molar-refractivity contribution in [2.45, 2.75) is 16.6 Å². The molecule has 0 spiro atoms. The van der Waals surface area contributed by atoms with Crippen molar-refractivity contribution in [3.05, 3.63) is 28.8 Å². The number of carbonyl (C=O) groups excluding carboxylic acids is 1. The van der Waals surface area contributed by atoms with E-state index in [1.807, 2.05) is 0 Å². The van der Waals surface area contributed by atoms with Gasteiger partial charge in [-0.2, -0.15) is 0 Å². The van der Waals surface area contributed by atoms with Gasteiger partial charge in [0, 0.05) is 13.6 Å². The first kappa shape index (κ1) is 14.8. The van der Waals surface area contributed by atoms with E-state index in [-0.39, 0.29) is 21.9 Å². The van der Waals surface area contributed by atoms with Crippen LogP contribution in [0.4, 0.5) is 0 Å². The van der Waals surface area contributed by atoms with Crippen LogP contribution in [0.2, 0.25) is 5.02 Å². The van der Waals surface area contributed by atoms with Crippen molar-refractivity contribution >= 4 is 33.3 Å². The Morgan fingerprint density at radius 3 is 2.55 bits per heavy atom. The maximum absolute atomic E-state index is 12.4. The molecule has 6 nitrogen and oxygen atoms in total. The summed E-state index contributed by atoms with van der Waals surface area (Å²) in [7, 11) is -2.31. The van der Waals surface area contributed by atoms with Crippen molar-refractivity contribution < 1.29 is 23.1 Å². The first-order valence-corrected chi connectivity index (χ1v) is 7.69. The fraction of sp³-hybridized carbons (Fsp3) is 0.333. The quantitative estimate of drug-likeness (QED) is 0.899. The molecule has 2 rings (SSSR count). The predicted molar refractivity (Wildman–Crippen MR) is 71.6 cm³/mol. The number of halogens is 1. The van der Waals surface area contributed by atoms with Gasteiger partial charge >= 0.3 is 5.97 Å². The number of carboxylic acids is 1. The first-order chi connectivity index (χ1) is 9.25. The monoisotopic (exact) mass is 317 g/mol. The second-order valence-corrected chi connectivity index (χ2v) is 7.07. The number of carbonyl (C=O) groups is 2.